The maximum Gasteiger partial charge on any atom is 0.263 e. The summed E-state index contributed by atoms with van der Waals surface area (Å²) in [4.78, 5) is 33.5. The number of fused-ring (bicyclic) bond motifs is 3. The number of carbonyl (C=O) groups excluding carboxylic acids is 1. The number of nitrogens with zero attached hydrogens (tertiary/aromatic N) is 2. The number of halogens is 1. The van der Waals surface area contributed by atoms with Crippen LogP contribution in [0.2, 0.25) is 0 Å². The Morgan fingerprint density at radius 2 is 1.90 bits per heavy atom. The third-order valence-electron chi connectivity index (χ3n) is 6.18. The molecule has 0 saturated heterocycles. The van der Waals surface area contributed by atoms with Gasteiger partial charge in [-0.15, -0.1) is 11.3 Å². The maximum atomic E-state index is 13.6. The molecule has 4 nitrogen and oxygen atoms in total. The highest BCUT2D eigenvalue weighted by molar-refractivity contribution is 9.10. The molecule has 1 fully saturated rings. The average molecular weight is 503 g/mol. The van der Waals surface area contributed by atoms with Crippen LogP contribution in [0.3, 0.4) is 0 Å². The van der Waals surface area contributed by atoms with Gasteiger partial charge in [-0.1, -0.05) is 59.1 Å². The topological polar surface area (TPSA) is 52.0 Å². The molecule has 0 aliphatic heterocycles. The van der Waals surface area contributed by atoms with Crippen LogP contribution in [0.5, 0.6) is 0 Å². The van der Waals surface area contributed by atoms with E-state index in [2.05, 4.69) is 15.9 Å². The number of carbonyl (C=O) groups is 1. The molecular formula is C23H23BrN2O2S2. The summed E-state index contributed by atoms with van der Waals surface area (Å²) in [5.74, 6) is 0.350. The van der Waals surface area contributed by atoms with Gasteiger partial charge < -0.3 is 0 Å². The minimum atomic E-state index is 0.0608. The van der Waals surface area contributed by atoms with E-state index in [-0.39, 0.29) is 23.1 Å². The summed E-state index contributed by atoms with van der Waals surface area (Å²) < 4.78 is 2.89. The van der Waals surface area contributed by atoms with Crippen LogP contribution in [0.15, 0.2) is 38.7 Å². The molecule has 0 bridgehead atoms. The number of rotatable bonds is 5. The molecule has 5 rings (SSSR count). The van der Waals surface area contributed by atoms with Crippen molar-refractivity contribution in [1.82, 2.24) is 9.55 Å². The van der Waals surface area contributed by atoms with Crippen molar-refractivity contribution in [3.8, 4) is 0 Å². The smallest absolute Gasteiger partial charge is 0.263 e. The Hall–Kier alpha value is -1.44. The van der Waals surface area contributed by atoms with Gasteiger partial charge in [0, 0.05) is 21.0 Å². The van der Waals surface area contributed by atoms with Crippen LogP contribution >= 0.6 is 39.0 Å². The number of aromatic nitrogens is 2. The number of ketones is 1. The predicted octanol–water partition coefficient (Wildman–Crippen LogP) is 6.19. The second-order valence-electron chi connectivity index (χ2n) is 8.12. The van der Waals surface area contributed by atoms with E-state index in [0.29, 0.717) is 10.7 Å². The molecule has 2 aliphatic carbocycles. The van der Waals surface area contributed by atoms with Crippen molar-refractivity contribution in [1.29, 1.82) is 0 Å². The van der Waals surface area contributed by atoms with Gasteiger partial charge in [0.25, 0.3) is 5.56 Å². The van der Waals surface area contributed by atoms with E-state index in [0.717, 1.165) is 59.6 Å². The Balaban J connectivity index is 1.52. The highest BCUT2D eigenvalue weighted by atomic mass is 79.9. The van der Waals surface area contributed by atoms with Gasteiger partial charge in [-0.3, -0.25) is 14.2 Å². The first kappa shape index (κ1) is 20.5. The van der Waals surface area contributed by atoms with E-state index in [4.69, 9.17) is 4.98 Å². The summed E-state index contributed by atoms with van der Waals surface area (Å²) in [6, 6.07) is 7.63. The first-order valence-corrected chi connectivity index (χ1v) is 13.2. The molecule has 0 radical (unpaired) electrons. The quantitative estimate of drug-likeness (QED) is 0.237. The molecule has 0 atom stereocenters. The third-order valence-corrected chi connectivity index (χ3v) is 8.84. The predicted molar refractivity (Wildman–Crippen MR) is 127 cm³/mol. The molecule has 2 aliphatic rings. The van der Waals surface area contributed by atoms with Crippen LogP contribution in [-0.2, 0) is 12.8 Å². The summed E-state index contributed by atoms with van der Waals surface area (Å²) in [5.41, 5.74) is 2.04. The van der Waals surface area contributed by atoms with E-state index in [1.165, 1.54) is 28.6 Å². The summed E-state index contributed by atoms with van der Waals surface area (Å²) in [7, 11) is 0. The minimum Gasteiger partial charge on any atom is -0.293 e. The second kappa shape index (κ2) is 8.60. The Kier molecular flexibility index (Phi) is 5.86. The van der Waals surface area contributed by atoms with Crippen LogP contribution in [0.4, 0.5) is 0 Å². The summed E-state index contributed by atoms with van der Waals surface area (Å²) >= 11 is 6.50. The zero-order chi connectivity index (χ0) is 20.7. The fourth-order valence-corrected chi connectivity index (χ4v) is 7.18. The third kappa shape index (κ3) is 3.80. The number of aryl methyl sites for hydroxylation is 2. The van der Waals surface area contributed by atoms with Crippen molar-refractivity contribution in [3.63, 3.8) is 0 Å². The first-order valence-electron chi connectivity index (χ1n) is 10.6. The number of hydrogen-bond donors (Lipinski definition) is 0. The van der Waals surface area contributed by atoms with Gasteiger partial charge >= 0.3 is 0 Å². The zero-order valence-corrected chi connectivity index (χ0v) is 19.9. The van der Waals surface area contributed by atoms with Crippen molar-refractivity contribution in [3.05, 3.63) is 55.1 Å². The van der Waals surface area contributed by atoms with Crippen LogP contribution < -0.4 is 5.56 Å². The van der Waals surface area contributed by atoms with Crippen LogP contribution in [0.1, 0.15) is 65.4 Å². The van der Waals surface area contributed by atoms with Gasteiger partial charge in [0.2, 0.25) is 0 Å². The molecular weight excluding hydrogens is 480 g/mol. The van der Waals surface area contributed by atoms with Crippen molar-refractivity contribution < 1.29 is 4.79 Å². The lowest BCUT2D eigenvalue weighted by Gasteiger charge is -2.26. The molecule has 0 N–H and O–H groups in total. The van der Waals surface area contributed by atoms with E-state index in [9.17, 15) is 9.59 Å². The second-order valence-corrected chi connectivity index (χ2v) is 11.1. The largest absolute Gasteiger partial charge is 0.293 e. The molecule has 30 heavy (non-hydrogen) atoms. The number of benzene rings is 1. The van der Waals surface area contributed by atoms with Gasteiger partial charge in [0.15, 0.2) is 10.9 Å². The summed E-state index contributed by atoms with van der Waals surface area (Å²) in [6.45, 7) is 0. The molecule has 156 valence electrons. The van der Waals surface area contributed by atoms with Crippen molar-refractivity contribution >= 4 is 55.0 Å². The standard InChI is InChI=1S/C23H23BrN2O2S2/c24-15-11-9-14(10-12-15)18(27)13-29-23-25-21-20(17-7-4-8-19(17)30-21)22(28)26(23)16-5-2-1-3-6-16/h9-12,16H,1-8,13H2. The van der Waals surface area contributed by atoms with Gasteiger partial charge in [0.05, 0.1) is 11.1 Å². The highest BCUT2D eigenvalue weighted by Gasteiger charge is 2.27. The maximum absolute atomic E-state index is 13.6. The van der Waals surface area contributed by atoms with Gasteiger partial charge in [-0.05, 0) is 49.8 Å². The highest BCUT2D eigenvalue weighted by Crippen LogP contribution is 2.37. The Morgan fingerprint density at radius 3 is 2.67 bits per heavy atom. The van der Waals surface area contributed by atoms with Crippen LogP contribution in [0, 0.1) is 0 Å². The fraction of sp³-hybridized carbons (Fsp3) is 0.435. The van der Waals surface area contributed by atoms with E-state index >= 15 is 0 Å². The van der Waals surface area contributed by atoms with Crippen molar-refractivity contribution in [2.24, 2.45) is 0 Å². The molecule has 2 heterocycles. The average Bonchev–Trinajstić information content (AvgIpc) is 3.34. The number of thiophene rings is 1. The van der Waals surface area contributed by atoms with Crippen LogP contribution in [-0.4, -0.2) is 21.1 Å². The normalized spacial score (nSPS) is 16.8. The SMILES string of the molecule is O=C(CSc1nc2sc3c(c2c(=O)n1C1CCCCC1)CCC3)c1ccc(Br)cc1. The van der Waals surface area contributed by atoms with Gasteiger partial charge in [-0.25, -0.2) is 4.98 Å². The number of hydrogen-bond acceptors (Lipinski definition) is 5. The Morgan fingerprint density at radius 1 is 1.13 bits per heavy atom. The first-order chi connectivity index (χ1) is 14.6. The number of thioether (sulfide) groups is 1. The lowest BCUT2D eigenvalue weighted by Crippen LogP contribution is -2.29. The molecule has 0 unspecified atom stereocenters. The monoisotopic (exact) mass is 502 g/mol. The van der Waals surface area contributed by atoms with E-state index < -0.39 is 0 Å². The van der Waals surface area contributed by atoms with Crippen LogP contribution in [0.25, 0.3) is 10.2 Å². The molecule has 7 heteroatoms. The van der Waals surface area contributed by atoms with E-state index in [1.807, 2.05) is 28.8 Å². The van der Waals surface area contributed by atoms with Gasteiger partial charge in [-0.2, -0.15) is 0 Å². The molecule has 0 amide bonds. The molecule has 2 aromatic heterocycles. The minimum absolute atomic E-state index is 0.0608. The van der Waals surface area contributed by atoms with Gasteiger partial charge in [0.1, 0.15) is 4.83 Å². The number of Topliss-reactive ketones (excluding diaryl/α,β-unsaturated/α-hetero) is 1. The molecule has 1 aromatic carbocycles. The van der Waals surface area contributed by atoms with Crippen molar-refractivity contribution in [2.45, 2.75) is 62.6 Å². The zero-order valence-electron chi connectivity index (χ0n) is 16.7. The molecule has 3 aromatic rings. The molecule has 1 saturated carbocycles. The molecule has 0 spiro atoms. The fourth-order valence-electron chi connectivity index (χ4n) is 4.65. The van der Waals surface area contributed by atoms with Crippen molar-refractivity contribution in [2.75, 3.05) is 5.75 Å². The summed E-state index contributed by atoms with van der Waals surface area (Å²) in [5, 5.41) is 1.56. The lowest BCUT2D eigenvalue weighted by atomic mass is 9.95. The lowest BCUT2D eigenvalue weighted by molar-refractivity contribution is 0.102. The summed E-state index contributed by atoms with van der Waals surface area (Å²) in [6.07, 6.45) is 8.77. The Bertz CT molecular complexity index is 1160. The Labute approximate surface area is 192 Å². The van der Waals surface area contributed by atoms with E-state index in [1.54, 1.807) is 11.3 Å².